The molecule has 0 saturated heterocycles. The zero-order chi connectivity index (χ0) is 20.3. The quantitative estimate of drug-likeness (QED) is 0.551. The molecule has 0 radical (unpaired) electrons. The largest absolute Gasteiger partial charge is 1.00 e. The molecule has 0 amide bonds. The normalized spacial score (nSPS) is 13.5. The van der Waals surface area contributed by atoms with Crippen LogP contribution in [0.2, 0.25) is 0 Å². The molecule has 2 aromatic carbocycles. The second-order valence-electron chi connectivity index (χ2n) is 8.40. The molecule has 2 N–H and O–H groups in total. The van der Waals surface area contributed by atoms with Gasteiger partial charge in [-0.15, -0.1) is 0 Å². The van der Waals surface area contributed by atoms with Crippen molar-refractivity contribution < 1.29 is 56.9 Å². The Morgan fingerprint density at radius 1 is 0.704 bits per heavy atom. The predicted molar refractivity (Wildman–Crippen MR) is 102 cm³/mol. The summed E-state index contributed by atoms with van der Waals surface area (Å²) in [4.78, 5) is -1.54. The van der Waals surface area contributed by atoms with E-state index in [1.54, 1.807) is 39.0 Å². The van der Waals surface area contributed by atoms with Gasteiger partial charge in [0.1, 0.15) is 9.79 Å². The molecular weight excluding hydrogens is 399 g/mol. The number of hydrogen-bond acceptors (Lipinski definition) is 4. The minimum absolute atomic E-state index is 0. The van der Waals surface area contributed by atoms with Crippen LogP contribution in [0.1, 0.15) is 54.1 Å². The van der Waals surface area contributed by atoms with Crippen molar-refractivity contribution >= 4 is 31.0 Å². The molecule has 0 aliphatic rings. The van der Waals surface area contributed by atoms with E-state index >= 15 is 0 Å². The Kier molecular flexibility index (Phi) is 6.74. The molecule has 0 heterocycles. The van der Waals surface area contributed by atoms with Gasteiger partial charge in [0.15, 0.2) is 0 Å². The smallest absolute Gasteiger partial charge is 1.00 e. The molecule has 6 nitrogen and oxygen atoms in total. The molecule has 146 valence electrons. The van der Waals surface area contributed by atoms with Crippen molar-refractivity contribution in [3.8, 4) is 0 Å². The van der Waals surface area contributed by atoms with Gasteiger partial charge in [0, 0.05) is 5.39 Å². The molecule has 0 atom stereocenters. The van der Waals surface area contributed by atoms with Crippen molar-refractivity contribution in [1.29, 1.82) is 0 Å². The standard InChI is InChI=1S/C18H24O6S2.Na.H/c1-17(2,3)13-11-9-7-8-10-12(11)15(25(19,20)21)16(26(22,23)24)14(13)18(4,5)6;;/h7-10H,1-6H3,(H,19,20,21)(H,22,23,24);;/q;+1;-1. The van der Waals surface area contributed by atoms with Crippen LogP contribution < -0.4 is 29.6 Å². The van der Waals surface area contributed by atoms with Gasteiger partial charge in [-0.05, 0) is 27.3 Å². The van der Waals surface area contributed by atoms with Crippen molar-refractivity contribution in [2.24, 2.45) is 0 Å². The Morgan fingerprint density at radius 2 is 1.07 bits per heavy atom. The molecule has 0 fully saturated rings. The van der Waals surface area contributed by atoms with Crippen LogP contribution in [0.5, 0.6) is 0 Å². The molecule has 0 aliphatic heterocycles. The number of hydrogen-bond donors (Lipinski definition) is 2. The molecule has 2 rings (SSSR count). The fourth-order valence-corrected chi connectivity index (χ4v) is 5.81. The SMILES string of the molecule is CC(C)(C)c1c(S(=O)(=O)O)c(S(=O)(=O)O)c2ccccc2c1C(C)(C)C.[H-].[Na+]. The average molecular weight is 425 g/mol. The predicted octanol–water partition coefficient (Wildman–Crippen LogP) is 1.04. The Hall–Kier alpha value is -0.480. The van der Waals surface area contributed by atoms with Crippen molar-refractivity contribution in [2.45, 2.75) is 62.2 Å². The molecule has 0 bridgehead atoms. The molecule has 0 unspecified atom stereocenters. The summed E-state index contributed by atoms with van der Waals surface area (Å²) >= 11 is 0. The fourth-order valence-electron chi connectivity index (χ4n) is 3.38. The van der Waals surface area contributed by atoms with Gasteiger partial charge in [0.05, 0.1) is 0 Å². The molecule has 0 spiro atoms. The summed E-state index contributed by atoms with van der Waals surface area (Å²) in [6.45, 7) is 10.8. The van der Waals surface area contributed by atoms with Crippen LogP contribution in [0.3, 0.4) is 0 Å². The topological polar surface area (TPSA) is 109 Å². The van der Waals surface area contributed by atoms with E-state index in [1.807, 2.05) is 20.8 Å². The van der Waals surface area contributed by atoms with Gasteiger partial charge in [-0.2, -0.15) is 16.8 Å². The molecule has 0 saturated carbocycles. The third-order valence-electron chi connectivity index (χ3n) is 4.14. The summed E-state index contributed by atoms with van der Waals surface area (Å²) in [6.07, 6.45) is 0. The van der Waals surface area contributed by atoms with Gasteiger partial charge < -0.3 is 1.43 Å². The third-order valence-corrected chi connectivity index (χ3v) is 6.13. The second kappa shape index (κ2) is 7.40. The maximum atomic E-state index is 12.3. The Labute approximate surface area is 184 Å². The van der Waals surface area contributed by atoms with Gasteiger partial charge in [0.25, 0.3) is 20.2 Å². The Balaban J connectivity index is 0.00000364. The van der Waals surface area contributed by atoms with Crippen molar-refractivity contribution in [3.05, 3.63) is 35.4 Å². The van der Waals surface area contributed by atoms with Crippen LogP contribution in [0.25, 0.3) is 10.8 Å². The van der Waals surface area contributed by atoms with Gasteiger partial charge in [0.2, 0.25) is 0 Å². The van der Waals surface area contributed by atoms with Crippen LogP contribution in [0.15, 0.2) is 34.1 Å². The van der Waals surface area contributed by atoms with Crippen LogP contribution in [-0.4, -0.2) is 25.9 Å². The summed E-state index contributed by atoms with van der Waals surface area (Å²) in [5, 5.41) is 0.575. The molecule has 0 aliphatic carbocycles. The zero-order valence-corrected chi connectivity index (χ0v) is 20.3. The molecule has 9 heteroatoms. The second-order valence-corrected chi connectivity index (χ2v) is 11.1. The van der Waals surface area contributed by atoms with E-state index in [-0.39, 0.29) is 41.9 Å². The minimum atomic E-state index is -4.94. The van der Waals surface area contributed by atoms with Gasteiger partial charge >= 0.3 is 29.6 Å². The van der Waals surface area contributed by atoms with Crippen LogP contribution in [0, 0.1) is 0 Å². The van der Waals surface area contributed by atoms with Gasteiger partial charge in [-0.25, -0.2) is 0 Å². The van der Waals surface area contributed by atoms with Crippen LogP contribution in [0.4, 0.5) is 0 Å². The first-order valence-electron chi connectivity index (χ1n) is 8.02. The van der Waals surface area contributed by atoms with E-state index in [9.17, 15) is 25.9 Å². The summed E-state index contributed by atoms with van der Waals surface area (Å²) in [5.41, 5.74) is -0.587. The van der Waals surface area contributed by atoms with Crippen molar-refractivity contribution in [1.82, 2.24) is 0 Å². The summed E-state index contributed by atoms with van der Waals surface area (Å²) < 4.78 is 68.5. The van der Waals surface area contributed by atoms with E-state index in [0.29, 0.717) is 10.9 Å². The monoisotopic (exact) mass is 424 g/mol. The molecular formula is C18H25NaO6S2. The average Bonchev–Trinajstić information content (AvgIpc) is 2.40. The first kappa shape index (κ1) is 24.6. The Bertz CT molecular complexity index is 1100. The molecule has 0 aromatic heterocycles. The number of fused-ring (bicyclic) bond motifs is 1. The van der Waals surface area contributed by atoms with Crippen LogP contribution >= 0.6 is 0 Å². The van der Waals surface area contributed by atoms with E-state index in [4.69, 9.17) is 0 Å². The summed E-state index contributed by atoms with van der Waals surface area (Å²) in [6, 6.07) is 6.38. The maximum Gasteiger partial charge on any atom is 1.00 e. The molecule has 2 aromatic rings. The maximum absolute atomic E-state index is 12.3. The van der Waals surface area contributed by atoms with Crippen LogP contribution in [-0.2, 0) is 31.1 Å². The summed E-state index contributed by atoms with van der Waals surface area (Å²) in [7, 11) is -9.87. The van der Waals surface area contributed by atoms with E-state index in [2.05, 4.69) is 0 Å². The van der Waals surface area contributed by atoms with E-state index in [0.717, 1.165) is 0 Å². The third kappa shape index (κ3) is 4.75. The number of rotatable bonds is 2. The zero-order valence-electron chi connectivity index (χ0n) is 17.7. The van der Waals surface area contributed by atoms with Crippen molar-refractivity contribution in [3.63, 3.8) is 0 Å². The first-order chi connectivity index (χ1) is 11.5. The van der Waals surface area contributed by atoms with E-state index < -0.39 is 40.9 Å². The van der Waals surface area contributed by atoms with Gasteiger partial charge in [-0.1, -0.05) is 65.8 Å². The summed E-state index contributed by atoms with van der Waals surface area (Å²) in [5.74, 6) is 0. The first-order valence-corrected chi connectivity index (χ1v) is 10.9. The van der Waals surface area contributed by atoms with E-state index in [1.165, 1.54) is 6.07 Å². The Morgan fingerprint density at radius 3 is 1.41 bits per heavy atom. The van der Waals surface area contributed by atoms with Crippen molar-refractivity contribution in [2.75, 3.05) is 0 Å². The molecule has 27 heavy (non-hydrogen) atoms. The van der Waals surface area contributed by atoms with Gasteiger partial charge in [-0.3, -0.25) is 9.11 Å². The number of benzene rings is 2. The minimum Gasteiger partial charge on any atom is -1.00 e. The fraction of sp³-hybridized carbons (Fsp3) is 0.444.